The number of carbonyl (C=O) groups is 2. The number of aryl methyl sites for hydroxylation is 4. The van der Waals surface area contributed by atoms with Gasteiger partial charge in [-0.2, -0.15) is 0 Å². The van der Waals surface area contributed by atoms with E-state index in [2.05, 4.69) is 21.7 Å². The summed E-state index contributed by atoms with van der Waals surface area (Å²) in [4.78, 5) is 29.2. The molecule has 0 radical (unpaired) electrons. The summed E-state index contributed by atoms with van der Waals surface area (Å²) < 4.78 is 12.8. The van der Waals surface area contributed by atoms with E-state index < -0.39 is 5.97 Å². The Balaban J connectivity index is 1.23. The van der Waals surface area contributed by atoms with Gasteiger partial charge in [-0.1, -0.05) is 12.1 Å². The zero-order valence-corrected chi connectivity index (χ0v) is 21.1. The maximum Gasteiger partial charge on any atom is 0.338 e. The van der Waals surface area contributed by atoms with Crippen molar-refractivity contribution in [2.45, 2.75) is 52.5 Å². The van der Waals surface area contributed by atoms with E-state index in [1.807, 2.05) is 44.2 Å². The molecule has 0 unspecified atom stereocenters. The lowest BCUT2D eigenvalue weighted by Gasteiger charge is -2.11. The number of ether oxygens (including phenoxy) is 2. The fraction of sp³-hybridized carbons (Fsp3) is 0.333. The normalized spacial score (nSPS) is 13.0. The second kappa shape index (κ2) is 10.1. The van der Waals surface area contributed by atoms with Gasteiger partial charge in [-0.05, 0) is 93.5 Å². The summed E-state index contributed by atoms with van der Waals surface area (Å²) in [6.07, 6.45) is 5.28. The Hall–Kier alpha value is -3.80. The van der Waals surface area contributed by atoms with Crippen LogP contribution in [0.1, 0.15) is 61.8 Å². The molecule has 36 heavy (non-hydrogen) atoms. The second-order valence-corrected chi connectivity index (χ2v) is 9.58. The minimum absolute atomic E-state index is 0.188. The molecule has 6 heteroatoms. The number of carbonyl (C=O) groups excluding carboxylic acids is 2. The van der Waals surface area contributed by atoms with Gasteiger partial charge in [0.15, 0.2) is 6.61 Å². The molecule has 0 fully saturated rings. The summed E-state index contributed by atoms with van der Waals surface area (Å²) in [6, 6.07) is 15.5. The monoisotopic (exact) mass is 484 g/mol. The Labute approximate surface area is 211 Å². The molecule has 0 saturated carbocycles. The first-order valence-electron chi connectivity index (χ1n) is 12.6. The molecule has 2 aromatic carbocycles. The predicted octanol–water partition coefficient (Wildman–Crippen LogP) is 5.76. The van der Waals surface area contributed by atoms with Crippen molar-refractivity contribution in [1.29, 1.82) is 0 Å². The molecule has 0 saturated heterocycles. The number of nitrogens with one attached hydrogen (secondary N) is 1. The number of hydrogen-bond acceptors (Lipinski definition) is 4. The van der Waals surface area contributed by atoms with Crippen molar-refractivity contribution in [3.8, 4) is 5.75 Å². The maximum absolute atomic E-state index is 13.0. The third kappa shape index (κ3) is 4.68. The van der Waals surface area contributed by atoms with Crippen LogP contribution in [-0.2, 0) is 30.5 Å². The molecule has 6 nitrogen and oxygen atoms in total. The summed E-state index contributed by atoms with van der Waals surface area (Å²) in [5.41, 5.74) is 7.82. The Kier molecular flexibility index (Phi) is 6.68. The van der Waals surface area contributed by atoms with Crippen LogP contribution < -0.4 is 4.74 Å². The molecule has 1 aliphatic carbocycles. The number of benzene rings is 2. The van der Waals surface area contributed by atoms with Crippen molar-refractivity contribution in [3.05, 3.63) is 87.9 Å². The lowest BCUT2D eigenvalue weighted by molar-refractivity contribution is 0.0474. The van der Waals surface area contributed by atoms with Crippen LogP contribution in [0.3, 0.4) is 0 Å². The van der Waals surface area contributed by atoms with E-state index >= 15 is 0 Å². The summed E-state index contributed by atoms with van der Waals surface area (Å²) in [5, 5.41) is 1.09. The van der Waals surface area contributed by atoms with Crippen molar-refractivity contribution in [2.24, 2.45) is 0 Å². The summed E-state index contributed by atoms with van der Waals surface area (Å²) in [7, 11) is 1.66. The van der Waals surface area contributed by atoms with E-state index in [-0.39, 0.29) is 12.4 Å². The molecule has 1 aliphatic rings. The first-order chi connectivity index (χ1) is 17.4. The van der Waals surface area contributed by atoms with Crippen LogP contribution in [0.15, 0.2) is 48.5 Å². The highest BCUT2D eigenvalue weighted by atomic mass is 16.5. The molecule has 0 aliphatic heterocycles. The van der Waals surface area contributed by atoms with Gasteiger partial charge in [-0.25, -0.2) is 4.79 Å². The molecule has 5 rings (SSSR count). The van der Waals surface area contributed by atoms with Crippen LogP contribution in [0.25, 0.3) is 10.9 Å². The lowest BCUT2D eigenvalue weighted by Crippen LogP contribution is -2.15. The molecule has 4 aromatic rings. The third-order valence-corrected chi connectivity index (χ3v) is 7.33. The number of Topliss-reactive ketones (excluding diaryl/α,β-unsaturated/α-hetero) is 1. The van der Waals surface area contributed by atoms with Crippen LogP contribution in [0.4, 0.5) is 0 Å². The molecule has 0 atom stereocenters. The number of rotatable bonds is 8. The summed E-state index contributed by atoms with van der Waals surface area (Å²) in [6.45, 7) is 4.43. The average molecular weight is 485 g/mol. The van der Waals surface area contributed by atoms with Crippen LogP contribution in [-0.4, -0.2) is 35.0 Å². The van der Waals surface area contributed by atoms with E-state index in [0.29, 0.717) is 11.1 Å². The lowest BCUT2D eigenvalue weighted by atomic mass is 9.95. The zero-order valence-electron chi connectivity index (χ0n) is 21.1. The van der Waals surface area contributed by atoms with Crippen molar-refractivity contribution in [2.75, 3.05) is 13.7 Å². The molecular formula is C30H32N2O4. The fourth-order valence-corrected chi connectivity index (χ4v) is 5.29. The largest absolute Gasteiger partial charge is 0.497 e. The highest BCUT2D eigenvalue weighted by Crippen LogP contribution is 2.30. The van der Waals surface area contributed by atoms with E-state index in [4.69, 9.17) is 9.47 Å². The number of aromatic amines is 1. The Bertz CT molecular complexity index is 1430. The molecule has 0 amide bonds. The molecule has 1 N–H and O–H groups in total. The van der Waals surface area contributed by atoms with Crippen molar-refractivity contribution < 1.29 is 19.1 Å². The average Bonchev–Trinajstić information content (AvgIpc) is 3.42. The van der Waals surface area contributed by atoms with Gasteiger partial charge in [0.05, 0.1) is 12.7 Å². The molecule has 2 heterocycles. The highest BCUT2D eigenvalue weighted by molar-refractivity contribution is 6.01. The number of aromatic nitrogens is 2. The SMILES string of the molecule is COc1ccc(CCn2c(C)cc(C(=O)COC(=O)c3ccc4[nH]c5c(c4c3)CCCC5)c2C)cc1. The molecule has 0 bridgehead atoms. The van der Waals surface area contributed by atoms with Gasteiger partial charge in [0.1, 0.15) is 5.75 Å². The number of methoxy groups -OCH3 is 1. The fourth-order valence-electron chi connectivity index (χ4n) is 5.29. The highest BCUT2D eigenvalue weighted by Gasteiger charge is 2.20. The third-order valence-electron chi connectivity index (χ3n) is 7.33. The summed E-state index contributed by atoms with van der Waals surface area (Å²) >= 11 is 0. The zero-order chi connectivity index (χ0) is 25.2. The number of nitrogens with zero attached hydrogens (tertiary/aromatic N) is 1. The van der Waals surface area contributed by atoms with Crippen LogP contribution in [0.2, 0.25) is 0 Å². The molecule has 0 spiro atoms. The minimum atomic E-state index is -0.468. The van der Waals surface area contributed by atoms with Gasteiger partial charge in [-0.3, -0.25) is 4.79 Å². The summed E-state index contributed by atoms with van der Waals surface area (Å²) in [5.74, 6) is 0.179. The number of esters is 1. The van der Waals surface area contributed by atoms with Crippen LogP contribution >= 0.6 is 0 Å². The predicted molar refractivity (Wildman–Crippen MR) is 140 cm³/mol. The molecular weight excluding hydrogens is 452 g/mol. The van der Waals surface area contributed by atoms with E-state index in [1.165, 1.54) is 29.7 Å². The topological polar surface area (TPSA) is 73.3 Å². The van der Waals surface area contributed by atoms with Crippen LogP contribution in [0.5, 0.6) is 5.75 Å². The van der Waals surface area contributed by atoms with Crippen molar-refractivity contribution >= 4 is 22.7 Å². The van der Waals surface area contributed by atoms with Crippen molar-refractivity contribution in [3.63, 3.8) is 0 Å². The first kappa shape index (κ1) is 23.9. The van der Waals surface area contributed by atoms with Gasteiger partial charge in [-0.15, -0.1) is 0 Å². The van der Waals surface area contributed by atoms with Crippen molar-refractivity contribution in [1.82, 2.24) is 9.55 Å². The number of hydrogen-bond donors (Lipinski definition) is 1. The standard InChI is InChI=1S/C30H32N2O4/c1-19-16-25(20(2)32(19)15-14-21-8-11-23(35-3)12-9-21)29(33)18-36-30(34)22-10-13-28-26(17-22)24-6-4-5-7-27(24)31-28/h8-13,16-17,31H,4-7,14-15,18H2,1-3H3. The number of fused-ring (bicyclic) bond motifs is 3. The van der Waals surface area contributed by atoms with Gasteiger partial charge in [0.25, 0.3) is 0 Å². The van der Waals surface area contributed by atoms with Gasteiger partial charge >= 0.3 is 5.97 Å². The van der Waals surface area contributed by atoms with E-state index in [1.54, 1.807) is 13.2 Å². The molecule has 2 aromatic heterocycles. The Morgan fingerprint density at radius 2 is 1.78 bits per heavy atom. The van der Waals surface area contributed by atoms with E-state index in [0.717, 1.165) is 53.8 Å². The van der Waals surface area contributed by atoms with Crippen LogP contribution in [0, 0.1) is 13.8 Å². The Morgan fingerprint density at radius 1 is 1.00 bits per heavy atom. The molecule has 186 valence electrons. The van der Waals surface area contributed by atoms with E-state index in [9.17, 15) is 9.59 Å². The van der Waals surface area contributed by atoms with Gasteiger partial charge in [0, 0.05) is 40.1 Å². The Morgan fingerprint density at radius 3 is 2.56 bits per heavy atom. The minimum Gasteiger partial charge on any atom is -0.497 e. The van der Waals surface area contributed by atoms with Gasteiger partial charge < -0.3 is 19.0 Å². The quantitative estimate of drug-likeness (QED) is 0.255. The first-order valence-corrected chi connectivity index (χ1v) is 12.6. The number of H-pyrrole nitrogens is 1. The second-order valence-electron chi connectivity index (χ2n) is 9.58. The number of ketones is 1. The smallest absolute Gasteiger partial charge is 0.338 e. The van der Waals surface area contributed by atoms with Gasteiger partial charge in [0.2, 0.25) is 5.78 Å². The maximum atomic E-state index is 13.0.